The van der Waals surface area contributed by atoms with Crippen molar-refractivity contribution in [1.29, 1.82) is 0 Å². The second-order valence-corrected chi connectivity index (χ2v) is 12.8. The monoisotopic (exact) mass is 654 g/mol. The van der Waals surface area contributed by atoms with Gasteiger partial charge in [-0.25, -0.2) is 4.98 Å². The van der Waals surface area contributed by atoms with Gasteiger partial charge in [-0.2, -0.15) is 0 Å². The summed E-state index contributed by atoms with van der Waals surface area (Å²) in [7, 11) is 0. The lowest BCUT2D eigenvalue weighted by atomic mass is 9.98. The van der Waals surface area contributed by atoms with Crippen LogP contribution in [0.1, 0.15) is 0 Å². The predicted octanol–water partition coefficient (Wildman–Crippen LogP) is 13.4. The quantitative estimate of drug-likeness (QED) is 0.179. The fraction of sp³-hybridized carbons (Fsp3) is 0. The van der Waals surface area contributed by atoms with Crippen LogP contribution in [0.4, 0.5) is 17.1 Å². The van der Waals surface area contributed by atoms with Crippen molar-refractivity contribution in [2.24, 2.45) is 0 Å². The molecule has 51 heavy (non-hydrogen) atoms. The lowest BCUT2D eigenvalue weighted by Crippen LogP contribution is -2.11. The highest BCUT2D eigenvalue weighted by molar-refractivity contribution is 6.17. The van der Waals surface area contributed by atoms with Gasteiger partial charge in [0.2, 0.25) is 5.89 Å². The van der Waals surface area contributed by atoms with Crippen molar-refractivity contribution in [2.75, 3.05) is 4.90 Å². The van der Waals surface area contributed by atoms with E-state index < -0.39 is 0 Å². The van der Waals surface area contributed by atoms with Gasteiger partial charge in [-0.3, -0.25) is 0 Å². The van der Waals surface area contributed by atoms with Crippen LogP contribution in [0.3, 0.4) is 0 Å². The van der Waals surface area contributed by atoms with Crippen molar-refractivity contribution in [1.82, 2.24) is 4.98 Å². The number of anilines is 3. The summed E-state index contributed by atoms with van der Waals surface area (Å²) >= 11 is 0. The van der Waals surface area contributed by atoms with Crippen molar-refractivity contribution in [2.45, 2.75) is 0 Å². The first-order valence-corrected chi connectivity index (χ1v) is 17.1. The van der Waals surface area contributed by atoms with Gasteiger partial charge < -0.3 is 13.7 Å². The first-order chi connectivity index (χ1) is 25.3. The minimum absolute atomic E-state index is 0.564. The Morgan fingerprint density at radius 3 is 1.75 bits per heavy atom. The first-order valence-electron chi connectivity index (χ1n) is 17.1. The number of rotatable bonds is 6. The highest BCUT2D eigenvalue weighted by atomic mass is 16.4. The van der Waals surface area contributed by atoms with Crippen molar-refractivity contribution in [3.63, 3.8) is 0 Å². The molecule has 0 N–H and O–H groups in total. The Balaban J connectivity index is 1.22. The van der Waals surface area contributed by atoms with Gasteiger partial charge in [-0.15, -0.1) is 0 Å². The number of para-hydroxylation sites is 1. The van der Waals surface area contributed by atoms with Crippen molar-refractivity contribution >= 4 is 60.9 Å². The molecule has 4 nitrogen and oxygen atoms in total. The van der Waals surface area contributed by atoms with Crippen LogP contribution in [0.5, 0.6) is 0 Å². The van der Waals surface area contributed by atoms with Crippen molar-refractivity contribution in [3.8, 4) is 33.7 Å². The summed E-state index contributed by atoms with van der Waals surface area (Å²) in [5.41, 5.74) is 11.3. The predicted molar refractivity (Wildman–Crippen MR) is 210 cm³/mol. The van der Waals surface area contributed by atoms with Crippen LogP contribution in [0.2, 0.25) is 0 Å². The molecule has 0 radical (unpaired) electrons. The molecule has 0 saturated carbocycles. The van der Waals surface area contributed by atoms with Crippen LogP contribution >= 0.6 is 0 Å². The van der Waals surface area contributed by atoms with Crippen LogP contribution in [0.25, 0.3) is 77.5 Å². The summed E-state index contributed by atoms with van der Waals surface area (Å²) < 4.78 is 13.3. The summed E-state index contributed by atoms with van der Waals surface area (Å²) in [5.74, 6) is 0.564. The number of furan rings is 1. The number of benzene rings is 8. The molecule has 0 atom stereocenters. The van der Waals surface area contributed by atoms with Gasteiger partial charge >= 0.3 is 0 Å². The van der Waals surface area contributed by atoms with Gasteiger partial charge in [-0.1, -0.05) is 133 Å². The van der Waals surface area contributed by atoms with Gasteiger partial charge in [0.05, 0.1) is 0 Å². The van der Waals surface area contributed by atoms with Crippen molar-refractivity contribution < 1.29 is 8.83 Å². The zero-order chi connectivity index (χ0) is 33.7. The third kappa shape index (κ3) is 4.96. The fourth-order valence-corrected chi connectivity index (χ4v) is 7.24. The van der Waals surface area contributed by atoms with E-state index in [0.29, 0.717) is 11.5 Å². The van der Waals surface area contributed by atoms with Gasteiger partial charge in [0.1, 0.15) is 16.8 Å². The lowest BCUT2D eigenvalue weighted by Gasteiger charge is -2.26. The van der Waals surface area contributed by atoms with Crippen molar-refractivity contribution in [3.05, 3.63) is 182 Å². The minimum atomic E-state index is 0.564. The third-order valence-electron chi connectivity index (χ3n) is 9.71. The minimum Gasteiger partial charge on any atom is -0.454 e. The smallest absolute Gasteiger partial charge is 0.227 e. The maximum absolute atomic E-state index is 6.74. The second-order valence-electron chi connectivity index (χ2n) is 12.8. The van der Waals surface area contributed by atoms with Crippen LogP contribution < -0.4 is 4.90 Å². The molecule has 10 rings (SSSR count). The molecule has 0 amide bonds. The molecule has 0 spiro atoms. The maximum Gasteiger partial charge on any atom is 0.227 e. The number of nitrogens with zero attached hydrogens (tertiary/aromatic N) is 2. The summed E-state index contributed by atoms with van der Waals surface area (Å²) in [6, 6.07) is 63.2. The molecule has 0 bridgehead atoms. The number of aromatic nitrogens is 1. The van der Waals surface area contributed by atoms with E-state index in [1.54, 1.807) is 0 Å². The Labute approximate surface area is 294 Å². The average molecular weight is 655 g/mol. The van der Waals surface area contributed by atoms with E-state index in [9.17, 15) is 0 Å². The van der Waals surface area contributed by atoms with Crippen LogP contribution in [-0.2, 0) is 0 Å². The molecule has 0 aliphatic heterocycles. The molecule has 0 aliphatic rings. The maximum atomic E-state index is 6.74. The van der Waals surface area contributed by atoms with Gasteiger partial charge in [0, 0.05) is 27.7 Å². The summed E-state index contributed by atoms with van der Waals surface area (Å²) in [6.07, 6.45) is 0. The molecule has 4 heteroatoms. The fourth-order valence-electron chi connectivity index (χ4n) is 7.24. The van der Waals surface area contributed by atoms with E-state index in [0.717, 1.165) is 61.2 Å². The molecular weight excluding hydrogens is 625 g/mol. The molecule has 8 aromatic carbocycles. The first kappa shape index (κ1) is 29.0. The van der Waals surface area contributed by atoms with E-state index in [-0.39, 0.29) is 0 Å². The van der Waals surface area contributed by atoms with Gasteiger partial charge in [-0.05, 0) is 81.6 Å². The van der Waals surface area contributed by atoms with Crippen LogP contribution in [0.15, 0.2) is 191 Å². The van der Waals surface area contributed by atoms with Gasteiger partial charge in [0.25, 0.3) is 0 Å². The molecule has 2 aromatic heterocycles. The lowest BCUT2D eigenvalue weighted by molar-refractivity contribution is 0.620. The number of hydrogen-bond acceptors (Lipinski definition) is 4. The number of hydrogen-bond donors (Lipinski definition) is 0. The molecule has 240 valence electrons. The number of oxazole rings is 1. The molecule has 0 fully saturated rings. The Morgan fingerprint density at radius 1 is 0.412 bits per heavy atom. The van der Waals surface area contributed by atoms with E-state index in [4.69, 9.17) is 13.8 Å². The topological polar surface area (TPSA) is 42.4 Å². The Hall–Kier alpha value is -6.91. The van der Waals surface area contributed by atoms with E-state index in [1.165, 1.54) is 21.9 Å². The molecule has 2 heterocycles. The highest BCUT2D eigenvalue weighted by Gasteiger charge is 2.26. The summed E-state index contributed by atoms with van der Waals surface area (Å²) in [5, 5.41) is 4.45. The molecule has 0 saturated heterocycles. The van der Waals surface area contributed by atoms with E-state index in [2.05, 4.69) is 132 Å². The van der Waals surface area contributed by atoms with Crippen LogP contribution in [0, 0.1) is 0 Å². The zero-order valence-corrected chi connectivity index (χ0v) is 27.5. The zero-order valence-electron chi connectivity index (χ0n) is 27.5. The molecular formula is C47H30N2O2. The summed E-state index contributed by atoms with van der Waals surface area (Å²) in [6.45, 7) is 0. The SMILES string of the molecule is c1ccc(-c2ccc(N(c3ccc(-c4cccc5ccccc45)cc3)c3c4nc(-c5ccccc5)oc4cc4c3oc3ccccc34)cc2)cc1. The van der Waals surface area contributed by atoms with Gasteiger partial charge in [0.15, 0.2) is 11.2 Å². The Morgan fingerprint density at radius 2 is 1.00 bits per heavy atom. The highest BCUT2D eigenvalue weighted by Crippen LogP contribution is 2.47. The third-order valence-corrected chi connectivity index (χ3v) is 9.71. The second kappa shape index (κ2) is 11.9. The molecule has 0 unspecified atom stereocenters. The molecule has 0 aliphatic carbocycles. The average Bonchev–Trinajstić information content (AvgIpc) is 3.81. The van der Waals surface area contributed by atoms with E-state index in [1.807, 2.05) is 54.6 Å². The number of fused-ring (bicyclic) bond motifs is 5. The normalized spacial score (nSPS) is 11.5. The largest absolute Gasteiger partial charge is 0.454 e. The van der Waals surface area contributed by atoms with Crippen LogP contribution in [-0.4, -0.2) is 4.98 Å². The summed E-state index contributed by atoms with van der Waals surface area (Å²) in [4.78, 5) is 7.43. The molecule has 10 aromatic rings. The Bertz CT molecular complexity index is 2830. The Kier molecular flexibility index (Phi) is 6.78. The van der Waals surface area contributed by atoms with E-state index >= 15 is 0 Å². The standard InChI is InChI=1S/C47H30N2O2/c1-3-12-31(13-4-1)32-22-26-36(27-23-32)49(37-28-24-34(25-29-37)39-20-11-17-33-14-7-8-18-38(33)39)45-44-43(51-47(48-44)35-15-5-2-6-16-35)30-41-40-19-9-10-21-42(40)50-46(41)45/h1-30H.